The smallest absolute Gasteiger partial charge is 0.335 e. The maximum atomic E-state index is 12.2. The van der Waals surface area contributed by atoms with Crippen LogP contribution in [0, 0.1) is 0 Å². The molecule has 0 atom stereocenters. The first-order chi connectivity index (χ1) is 9.99. The number of anilines is 1. The van der Waals surface area contributed by atoms with Gasteiger partial charge >= 0.3 is 12.0 Å². The SMILES string of the molecule is CCCCN(CCO)C(=O)Nc1cc(C(=O)O)ccc1Br. The highest BCUT2D eigenvalue weighted by Crippen LogP contribution is 2.24. The maximum Gasteiger partial charge on any atom is 0.335 e. The highest BCUT2D eigenvalue weighted by atomic mass is 79.9. The Labute approximate surface area is 131 Å². The number of carboxylic acids is 1. The molecule has 0 spiro atoms. The van der Waals surface area contributed by atoms with Crippen LogP contribution in [0.3, 0.4) is 0 Å². The minimum Gasteiger partial charge on any atom is -0.478 e. The summed E-state index contributed by atoms with van der Waals surface area (Å²) in [6.07, 6.45) is 1.77. The summed E-state index contributed by atoms with van der Waals surface area (Å²) < 4.78 is 0.597. The first-order valence-electron chi connectivity index (χ1n) is 6.69. The van der Waals surface area contributed by atoms with E-state index in [0.29, 0.717) is 16.7 Å². The predicted molar refractivity (Wildman–Crippen MR) is 83.7 cm³/mol. The Balaban J connectivity index is 2.84. The molecule has 0 aromatic heterocycles. The van der Waals surface area contributed by atoms with E-state index in [4.69, 9.17) is 10.2 Å². The average molecular weight is 359 g/mol. The number of unbranched alkanes of at least 4 members (excludes halogenated alkanes) is 1. The van der Waals surface area contributed by atoms with E-state index in [-0.39, 0.29) is 24.7 Å². The van der Waals surface area contributed by atoms with E-state index in [1.54, 1.807) is 6.07 Å². The lowest BCUT2D eigenvalue weighted by molar-refractivity contribution is 0.0697. The Hall–Kier alpha value is -1.60. The fourth-order valence-electron chi connectivity index (χ4n) is 1.73. The highest BCUT2D eigenvalue weighted by molar-refractivity contribution is 9.10. The Morgan fingerprint density at radius 3 is 2.62 bits per heavy atom. The number of nitrogens with one attached hydrogen (secondary N) is 1. The summed E-state index contributed by atoms with van der Waals surface area (Å²) in [7, 11) is 0. The van der Waals surface area contributed by atoms with Crippen LogP contribution in [0.1, 0.15) is 30.1 Å². The number of benzene rings is 1. The van der Waals surface area contributed by atoms with Gasteiger partial charge in [-0.3, -0.25) is 0 Å². The van der Waals surface area contributed by atoms with Crippen molar-refractivity contribution in [2.45, 2.75) is 19.8 Å². The van der Waals surface area contributed by atoms with Gasteiger partial charge in [0.15, 0.2) is 0 Å². The van der Waals surface area contributed by atoms with Gasteiger partial charge in [-0.2, -0.15) is 0 Å². The molecule has 6 nitrogen and oxygen atoms in total. The van der Waals surface area contributed by atoms with Gasteiger partial charge in [0, 0.05) is 17.6 Å². The van der Waals surface area contributed by atoms with Crippen molar-refractivity contribution in [1.82, 2.24) is 4.90 Å². The molecule has 0 aliphatic heterocycles. The van der Waals surface area contributed by atoms with Crippen molar-refractivity contribution < 1.29 is 19.8 Å². The van der Waals surface area contributed by atoms with Crippen LogP contribution < -0.4 is 5.32 Å². The van der Waals surface area contributed by atoms with E-state index in [1.807, 2.05) is 6.92 Å². The van der Waals surface area contributed by atoms with Gasteiger partial charge < -0.3 is 20.4 Å². The van der Waals surface area contributed by atoms with Crippen molar-refractivity contribution in [3.8, 4) is 0 Å². The molecule has 0 heterocycles. The van der Waals surface area contributed by atoms with Crippen molar-refractivity contribution in [1.29, 1.82) is 0 Å². The third-order valence-electron chi connectivity index (χ3n) is 2.89. The van der Waals surface area contributed by atoms with Crippen LogP contribution in [0.25, 0.3) is 0 Å². The van der Waals surface area contributed by atoms with Gasteiger partial charge in [0.25, 0.3) is 0 Å². The minimum atomic E-state index is -1.06. The number of aliphatic hydroxyl groups is 1. The number of aromatic carboxylic acids is 1. The van der Waals surface area contributed by atoms with Gasteiger partial charge in [0.05, 0.1) is 17.9 Å². The molecule has 21 heavy (non-hydrogen) atoms. The number of carboxylic acid groups (broad SMARTS) is 1. The predicted octanol–water partition coefficient (Wildman–Crippen LogP) is 2.77. The molecule has 116 valence electrons. The quantitative estimate of drug-likeness (QED) is 0.698. The lowest BCUT2D eigenvalue weighted by Crippen LogP contribution is -2.37. The highest BCUT2D eigenvalue weighted by Gasteiger charge is 2.15. The second kappa shape index (κ2) is 8.63. The molecule has 1 rings (SSSR count). The second-order valence-corrected chi connectivity index (χ2v) is 5.35. The van der Waals surface area contributed by atoms with Crippen molar-refractivity contribution >= 4 is 33.6 Å². The van der Waals surface area contributed by atoms with Crippen LogP contribution >= 0.6 is 15.9 Å². The second-order valence-electron chi connectivity index (χ2n) is 4.49. The van der Waals surface area contributed by atoms with Crippen LogP contribution in [0.5, 0.6) is 0 Å². The van der Waals surface area contributed by atoms with Crippen LogP contribution in [-0.4, -0.2) is 46.8 Å². The van der Waals surface area contributed by atoms with Crippen LogP contribution in [0.4, 0.5) is 10.5 Å². The number of carbonyl (C=O) groups excluding carboxylic acids is 1. The molecule has 1 aromatic carbocycles. The van der Waals surface area contributed by atoms with E-state index < -0.39 is 5.97 Å². The Morgan fingerprint density at radius 1 is 1.33 bits per heavy atom. The van der Waals surface area contributed by atoms with Gasteiger partial charge in [-0.05, 0) is 40.5 Å². The third-order valence-corrected chi connectivity index (χ3v) is 3.59. The summed E-state index contributed by atoms with van der Waals surface area (Å²) in [6, 6.07) is 4.05. The van der Waals surface area contributed by atoms with Crippen molar-refractivity contribution in [3.05, 3.63) is 28.2 Å². The molecule has 0 unspecified atom stereocenters. The molecule has 3 N–H and O–H groups in total. The normalized spacial score (nSPS) is 10.2. The lowest BCUT2D eigenvalue weighted by Gasteiger charge is -2.22. The monoisotopic (exact) mass is 358 g/mol. The average Bonchev–Trinajstić information content (AvgIpc) is 2.45. The van der Waals surface area contributed by atoms with Gasteiger partial charge in [-0.1, -0.05) is 13.3 Å². The third kappa shape index (κ3) is 5.35. The zero-order valence-electron chi connectivity index (χ0n) is 11.8. The number of halogens is 1. The number of hydrogen-bond donors (Lipinski definition) is 3. The molecule has 0 bridgehead atoms. The molecule has 0 aliphatic rings. The van der Waals surface area contributed by atoms with E-state index in [0.717, 1.165) is 12.8 Å². The maximum absolute atomic E-state index is 12.2. The number of urea groups is 1. The van der Waals surface area contributed by atoms with Crippen LogP contribution in [0.15, 0.2) is 22.7 Å². The number of carbonyl (C=O) groups is 2. The number of aliphatic hydroxyl groups excluding tert-OH is 1. The summed E-state index contributed by atoms with van der Waals surface area (Å²) >= 11 is 3.27. The zero-order valence-corrected chi connectivity index (χ0v) is 13.4. The molecule has 0 radical (unpaired) electrons. The van der Waals surface area contributed by atoms with Gasteiger partial charge in [-0.25, -0.2) is 9.59 Å². The summed E-state index contributed by atoms with van der Waals surface area (Å²) in [6.45, 7) is 2.68. The van der Waals surface area contributed by atoms with E-state index in [9.17, 15) is 9.59 Å². The summed E-state index contributed by atoms with van der Waals surface area (Å²) in [5.41, 5.74) is 0.482. The molecule has 1 aromatic rings. The summed E-state index contributed by atoms with van der Waals surface area (Å²) in [5, 5.41) is 20.7. The first kappa shape index (κ1) is 17.5. The summed E-state index contributed by atoms with van der Waals surface area (Å²) in [5.74, 6) is -1.06. The van der Waals surface area contributed by atoms with Crippen molar-refractivity contribution in [2.24, 2.45) is 0 Å². The van der Waals surface area contributed by atoms with Crippen molar-refractivity contribution in [2.75, 3.05) is 25.0 Å². The largest absolute Gasteiger partial charge is 0.478 e. The number of rotatable bonds is 7. The van der Waals surface area contributed by atoms with Gasteiger partial charge in [-0.15, -0.1) is 0 Å². The zero-order chi connectivity index (χ0) is 15.8. The Morgan fingerprint density at radius 2 is 2.05 bits per heavy atom. The standard InChI is InChI=1S/C14H19BrN2O4/c1-2-3-6-17(7-8-18)14(21)16-12-9-10(13(19)20)4-5-11(12)15/h4-5,9,18H,2-3,6-8H2,1H3,(H,16,21)(H,19,20). The molecule has 0 saturated carbocycles. The Kier molecular flexibility index (Phi) is 7.18. The van der Waals surface area contributed by atoms with Gasteiger partial charge in [0.1, 0.15) is 0 Å². The Bertz CT molecular complexity index is 508. The molecule has 0 saturated heterocycles. The molecule has 2 amide bonds. The lowest BCUT2D eigenvalue weighted by atomic mass is 10.2. The molecular weight excluding hydrogens is 340 g/mol. The fraction of sp³-hybridized carbons (Fsp3) is 0.429. The number of amides is 2. The number of hydrogen-bond acceptors (Lipinski definition) is 3. The van der Waals surface area contributed by atoms with Crippen molar-refractivity contribution in [3.63, 3.8) is 0 Å². The first-order valence-corrected chi connectivity index (χ1v) is 7.48. The van der Waals surface area contributed by atoms with E-state index in [1.165, 1.54) is 17.0 Å². The minimum absolute atomic E-state index is 0.0933. The molecule has 0 fully saturated rings. The summed E-state index contributed by atoms with van der Waals surface area (Å²) in [4.78, 5) is 24.6. The fourth-order valence-corrected chi connectivity index (χ4v) is 2.08. The van der Waals surface area contributed by atoms with Crippen LogP contribution in [0.2, 0.25) is 0 Å². The van der Waals surface area contributed by atoms with Crippen LogP contribution in [-0.2, 0) is 0 Å². The molecule has 7 heteroatoms. The van der Waals surface area contributed by atoms with E-state index >= 15 is 0 Å². The molecule has 0 aliphatic carbocycles. The number of nitrogens with zero attached hydrogens (tertiary/aromatic N) is 1. The topological polar surface area (TPSA) is 89.9 Å². The van der Waals surface area contributed by atoms with E-state index in [2.05, 4.69) is 21.2 Å². The van der Waals surface area contributed by atoms with Gasteiger partial charge in [0.2, 0.25) is 0 Å². The molecular formula is C14H19BrN2O4.